The zero-order valence-electron chi connectivity index (χ0n) is 13.4. The summed E-state index contributed by atoms with van der Waals surface area (Å²) in [6.07, 6.45) is 0. The molecule has 15 heteroatoms. The average molecular weight is 537 g/mol. The van der Waals surface area contributed by atoms with Gasteiger partial charge < -0.3 is 0 Å². The van der Waals surface area contributed by atoms with Crippen molar-refractivity contribution < 1.29 is 64.9 Å². The molecule has 1 aliphatic rings. The first-order valence-corrected chi connectivity index (χ1v) is 9.57. The number of nitrogens with zero attached hydrogens (tertiary/aromatic N) is 3. The van der Waals surface area contributed by atoms with Crippen molar-refractivity contribution in [3.05, 3.63) is 80.6 Å². The van der Waals surface area contributed by atoms with E-state index in [1.807, 2.05) is 65.2 Å². The maximum Gasteiger partial charge on any atom is 0 e. The second-order valence-electron chi connectivity index (χ2n) is 3.19. The van der Waals surface area contributed by atoms with Crippen molar-refractivity contribution >= 4 is 24.2 Å². The van der Waals surface area contributed by atoms with Gasteiger partial charge in [-0.15, -0.1) is 30.3 Å². The fourth-order valence-corrected chi connectivity index (χ4v) is 4.12. The standard InChI is InChI=1S/2C5H5.3CO.F4N3P3.2Fe/c2*1-2-4-5-3-1;3*1-2;1-9(2)5-8-6-10(3,4)7-9;;/h2*1-5H;;;;;;/q2*-1;;;;;;. The van der Waals surface area contributed by atoms with E-state index in [-0.39, 0.29) is 34.1 Å². The van der Waals surface area contributed by atoms with Crippen LogP contribution < -0.4 is 0 Å². The molecule has 0 spiro atoms. The molecule has 0 saturated carbocycles. The second-order valence-corrected chi connectivity index (χ2v) is 7.34. The molecule has 0 aliphatic carbocycles. The van der Waals surface area contributed by atoms with Crippen LogP contribution in [0.3, 0.4) is 0 Å². The first-order chi connectivity index (χ1) is 12.4. The predicted molar refractivity (Wildman–Crippen MR) is 88.3 cm³/mol. The molecular weight excluding hydrogens is 527 g/mol. The Morgan fingerprint density at radius 3 is 1.14 bits per heavy atom. The van der Waals surface area contributed by atoms with Gasteiger partial charge in [-0.05, 0) is 0 Å². The first kappa shape index (κ1) is 37.9. The molecular formula is C13H10F4Fe2N3O3P3-2. The van der Waals surface area contributed by atoms with Gasteiger partial charge in [0.15, 0.2) is 8.52 Å². The van der Waals surface area contributed by atoms with Crippen LogP contribution in [0.1, 0.15) is 0 Å². The Balaban J connectivity index is -0.0000000848. The minimum absolute atomic E-state index is 0. The largest absolute Gasteiger partial charge is 0.214 e. The summed E-state index contributed by atoms with van der Waals surface area (Å²) in [5.41, 5.74) is 0. The fourth-order valence-electron chi connectivity index (χ4n) is 0.921. The molecule has 0 amide bonds. The van der Waals surface area contributed by atoms with Crippen LogP contribution in [0.5, 0.6) is 0 Å². The van der Waals surface area contributed by atoms with Gasteiger partial charge in [-0.25, -0.2) is 24.3 Å². The molecule has 1 heterocycles. The molecule has 28 heavy (non-hydrogen) atoms. The van der Waals surface area contributed by atoms with E-state index in [0.717, 1.165) is 0 Å². The number of halogens is 4. The molecule has 0 fully saturated rings. The Hall–Kier alpha value is -0.761. The number of rotatable bonds is 0. The Morgan fingerprint density at radius 2 is 1.00 bits per heavy atom. The number of hydrogen-bond acceptors (Lipinski definition) is 3. The molecule has 0 N–H and O–H groups in total. The summed E-state index contributed by atoms with van der Waals surface area (Å²) < 4.78 is 77.3. The van der Waals surface area contributed by atoms with E-state index in [2.05, 4.69) is 29.0 Å². The van der Waals surface area contributed by atoms with Crippen molar-refractivity contribution in [3.63, 3.8) is 0 Å². The molecule has 3 rings (SSSR count). The van der Waals surface area contributed by atoms with Crippen LogP contribution in [0.15, 0.2) is 74.2 Å². The molecule has 6 nitrogen and oxygen atoms in total. The molecule has 0 radical (unpaired) electrons. The molecule has 0 bridgehead atoms. The van der Waals surface area contributed by atoms with Crippen LogP contribution in [0.25, 0.3) is 0 Å². The van der Waals surface area contributed by atoms with E-state index in [4.69, 9.17) is 14.0 Å². The van der Waals surface area contributed by atoms with Gasteiger partial charge in [0, 0.05) is 34.1 Å². The average Bonchev–Trinajstić information content (AvgIpc) is 3.37. The minimum Gasteiger partial charge on any atom is -0.214 e. The van der Waals surface area contributed by atoms with Gasteiger partial charge in [-0.2, -0.15) is 36.4 Å². The van der Waals surface area contributed by atoms with Crippen LogP contribution in [0.4, 0.5) is 16.8 Å². The van der Waals surface area contributed by atoms with Crippen LogP contribution >= 0.6 is 24.2 Å². The van der Waals surface area contributed by atoms with Crippen LogP contribution in [-0.4, -0.2) is 0 Å². The van der Waals surface area contributed by atoms with Gasteiger partial charge in [-0.3, -0.25) is 0 Å². The van der Waals surface area contributed by atoms with Gasteiger partial charge in [0.2, 0.25) is 0 Å². The SMILES string of the molecule is FP1(F)=NP=NP(F)(F)=N1.[C-]#[O+].[C-]#[O+].[C-]#[O+].[Fe].[Fe].c1cc[cH-]c1.c1cc[cH-]c1. The first-order valence-electron chi connectivity index (χ1n) is 5.82. The van der Waals surface area contributed by atoms with Crippen molar-refractivity contribution in [1.29, 1.82) is 0 Å². The zero-order chi connectivity index (χ0) is 20.9. The van der Waals surface area contributed by atoms with E-state index < -0.39 is 24.2 Å². The van der Waals surface area contributed by atoms with E-state index >= 15 is 0 Å². The van der Waals surface area contributed by atoms with Crippen LogP contribution in [-0.2, 0) is 48.1 Å². The maximum atomic E-state index is 12.0. The van der Waals surface area contributed by atoms with Gasteiger partial charge in [0.1, 0.15) is 0 Å². The molecule has 2 aromatic carbocycles. The van der Waals surface area contributed by atoms with Gasteiger partial charge in [0.25, 0.3) is 0 Å². The second kappa shape index (κ2) is 26.2. The van der Waals surface area contributed by atoms with Crippen LogP contribution in [0.2, 0.25) is 0 Å². The third-order valence-electron chi connectivity index (χ3n) is 1.62. The molecule has 156 valence electrons. The summed E-state index contributed by atoms with van der Waals surface area (Å²) in [7, 11) is -10.6. The maximum absolute atomic E-state index is 12.0. The van der Waals surface area contributed by atoms with E-state index in [1.165, 1.54) is 0 Å². The van der Waals surface area contributed by atoms with Crippen LogP contribution in [0, 0.1) is 20.0 Å². The Kier molecular flexibility index (Phi) is 35.5. The summed E-state index contributed by atoms with van der Waals surface area (Å²) in [5.74, 6) is 0. The Labute approximate surface area is 183 Å². The molecule has 0 aromatic heterocycles. The summed E-state index contributed by atoms with van der Waals surface area (Å²) >= 11 is 0. The van der Waals surface area contributed by atoms with Crippen molar-refractivity contribution in [2.75, 3.05) is 0 Å². The molecule has 0 unspecified atom stereocenters. The minimum atomic E-state index is -5.01. The third kappa shape index (κ3) is 27.5. The van der Waals surface area contributed by atoms with Gasteiger partial charge in [-0.1, -0.05) is 0 Å². The Bertz CT molecular complexity index is 658. The van der Waals surface area contributed by atoms with Crippen molar-refractivity contribution in [2.45, 2.75) is 0 Å². The topological polar surface area (TPSA) is 96.8 Å². The van der Waals surface area contributed by atoms with E-state index in [9.17, 15) is 16.8 Å². The molecule has 2 aromatic rings. The number of hydrogen-bond donors (Lipinski definition) is 0. The smallest absolute Gasteiger partial charge is 0 e. The molecule has 0 atom stereocenters. The van der Waals surface area contributed by atoms with Gasteiger partial charge in [0.05, 0.1) is 0 Å². The normalized spacial score (nSPS) is 13.2. The van der Waals surface area contributed by atoms with Crippen molar-refractivity contribution in [1.82, 2.24) is 0 Å². The molecule has 1 aliphatic heterocycles. The summed E-state index contributed by atoms with van der Waals surface area (Å²) in [4.78, 5) is 0. The zero-order valence-corrected chi connectivity index (χ0v) is 18.3. The van der Waals surface area contributed by atoms with E-state index in [1.54, 1.807) is 0 Å². The quantitative estimate of drug-likeness (QED) is 0.109. The van der Waals surface area contributed by atoms with Gasteiger partial charge >= 0.3 is 49.6 Å². The Morgan fingerprint density at radius 1 is 0.679 bits per heavy atom. The predicted octanol–water partition coefficient (Wildman–Crippen LogP) is 7.51. The summed E-state index contributed by atoms with van der Waals surface area (Å²) in [6, 6.07) is 20.0. The van der Waals surface area contributed by atoms with Crippen molar-refractivity contribution in [3.8, 4) is 0 Å². The summed E-state index contributed by atoms with van der Waals surface area (Å²) in [6.45, 7) is 13.5. The third-order valence-corrected chi connectivity index (χ3v) is 5.71. The fraction of sp³-hybridized carbons (Fsp3) is 0. The summed E-state index contributed by atoms with van der Waals surface area (Å²) in [5, 5.41) is 0. The molecule has 0 saturated heterocycles. The van der Waals surface area contributed by atoms with E-state index in [0.29, 0.717) is 0 Å². The van der Waals surface area contributed by atoms with Crippen molar-refractivity contribution in [2.24, 2.45) is 13.5 Å². The monoisotopic (exact) mass is 537 g/mol.